The molecule has 0 rings (SSSR count). The first-order valence-corrected chi connectivity index (χ1v) is 5.20. The summed E-state index contributed by atoms with van der Waals surface area (Å²) in [6.45, 7) is 9.66. The van der Waals surface area contributed by atoms with Gasteiger partial charge in [-0.25, -0.2) is 0 Å². The lowest BCUT2D eigenvalue weighted by Crippen LogP contribution is -2.37. The van der Waals surface area contributed by atoms with Crippen LogP contribution in [-0.2, 0) is 14.3 Å². The second-order valence-corrected chi connectivity index (χ2v) is 4.83. The minimum absolute atomic E-state index is 0.0388. The van der Waals surface area contributed by atoms with Crippen molar-refractivity contribution in [1.29, 1.82) is 0 Å². The third kappa shape index (κ3) is 6.10. The van der Waals surface area contributed by atoms with Crippen LogP contribution >= 0.6 is 0 Å². The van der Waals surface area contributed by atoms with Crippen molar-refractivity contribution in [3.8, 4) is 0 Å². The summed E-state index contributed by atoms with van der Waals surface area (Å²) < 4.78 is 4.91. The third-order valence-electron chi connectivity index (χ3n) is 1.78. The summed E-state index contributed by atoms with van der Waals surface area (Å²) in [6.07, 6.45) is 0. The smallest absolute Gasteiger partial charge is 0.308 e. The topological polar surface area (TPSA) is 55.4 Å². The standard InChI is InChI=1S/C11H21NO3/c1-8(2)9(13)15-7-6-12-10(14)11(3,4)5/h8H,6-7H2,1-5H3,(H,12,14). The number of esters is 1. The second-order valence-electron chi connectivity index (χ2n) is 4.83. The van der Waals surface area contributed by atoms with E-state index >= 15 is 0 Å². The molecule has 0 atom stereocenters. The van der Waals surface area contributed by atoms with Gasteiger partial charge in [0.2, 0.25) is 5.91 Å². The highest BCUT2D eigenvalue weighted by Crippen LogP contribution is 2.11. The van der Waals surface area contributed by atoms with E-state index in [1.165, 1.54) is 0 Å². The molecule has 0 aromatic carbocycles. The normalized spacial score (nSPS) is 11.3. The highest BCUT2D eigenvalue weighted by molar-refractivity contribution is 5.81. The van der Waals surface area contributed by atoms with Gasteiger partial charge in [0.25, 0.3) is 0 Å². The molecule has 0 aliphatic carbocycles. The SMILES string of the molecule is CC(C)C(=O)OCCNC(=O)C(C)(C)C. The summed E-state index contributed by atoms with van der Waals surface area (Å²) in [5, 5.41) is 2.70. The molecule has 0 aliphatic rings. The van der Waals surface area contributed by atoms with E-state index in [2.05, 4.69) is 5.32 Å². The molecular formula is C11H21NO3. The molecule has 0 aromatic heterocycles. The lowest BCUT2D eigenvalue weighted by Gasteiger charge is -2.17. The van der Waals surface area contributed by atoms with Gasteiger partial charge in [0.15, 0.2) is 0 Å². The first-order valence-electron chi connectivity index (χ1n) is 5.20. The summed E-state index contributed by atoms with van der Waals surface area (Å²) >= 11 is 0. The van der Waals surface area contributed by atoms with Crippen molar-refractivity contribution < 1.29 is 14.3 Å². The highest BCUT2D eigenvalue weighted by Gasteiger charge is 2.20. The molecule has 0 unspecified atom stereocenters. The van der Waals surface area contributed by atoms with Crippen molar-refractivity contribution in [3.05, 3.63) is 0 Å². The zero-order valence-corrected chi connectivity index (χ0v) is 10.2. The summed E-state index contributed by atoms with van der Waals surface area (Å²) in [7, 11) is 0. The number of rotatable bonds is 4. The Hall–Kier alpha value is -1.06. The lowest BCUT2D eigenvalue weighted by molar-refractivity contribution is -0.147. The second kappa shape index (κ2) is 5.73. The molecule has 1 N–H and O–H groups in total. The Labute approximate surface area is 91.4 Å². The van der Waals surface area contributed by atoms with Gasteiger partial charge in [-0.3, -0.25) is 9.59 Å². The zero-order chi connectivity index (χ0) is 12.1. The molecule has 0 aliphatic heterocycles. The first-order chi connectivity index (χ1) is 6.75. The van der Waals surface area contributed by atoms with Crippen LogP contribution in [0, 0.1) is 11.3 Å². The number of carbonyl (C=O) groups excluding carboxylic acids is 2. The molecule has 0 saturated heterocycles. The Balaban J connectivity index is 3.65. The molecule has 88 valence electrons. The van der Waals surface area contributed by atoms with Crippen LogP contribution in [0.15, 0.2) is 0 Å². The van der Waals surface area contributed by atoms with Gasteiger partial charge in [-0.05, 0) is 0 Å². The maximum absolute atomic E-state index is 11.4. The molecule has 15 heavy (non-hydrogen) atoms. The third-order valence-corrected chi connectivity index (χ3v) is 1.78. The molecule has 0 spiro atoms. The first kappa shape index (κ1) is 13.9. The number of amides is 1. The van der Waals surface area contributed by atoms with Crippen LogP contribution in [0.5, 0.6) is 0 Å². The zero-order valence-electron chi connectivity index (χ0n) is 10.2. The molecule has 1 amide bonds. The van der Waals surface area contributed by atoms with Crippen molar-refractivity contribution in [1.82, 2.24) is 5.32 Å². The Bertz CT molecular complexity index is 228. The van der Waals surface area contributed by atoms with Crippen molar-refractivity contribution in [3.63, 3.8) is 0 Å². The predicted molar refractivity (Wildman–Crippen MR) is 58.3 cm³/mol. The molecule has 0 heterocycles. The minimum atomic E-state index is -0.401. The lowest BCUT2D eigenvalue weighted by atomic mass is 9.96. The quantitative estimate of drug-likeness (QED) is 0.569. The molecule has 4 heteroatoms. The van der Waals surface area contributed by atoms with Crippen LogP contribution in [0.2, 0.25) is 0 Å². The Morgan fingerprint density at radius 2 is 1.80 bits per heavy atom. The summed E-state index contributed by atoms with van der Waals surface area (Å²) in [4.78, 5) is 22.4. The van der Waals surface area contributed by atoms with E-state index in [1.54, 1.807) is 13.8 Å². The Morgan fingerprint density at radius 1 is 1.27 bits per heavy atom. The largest absolute Gasteiger partial charge is 0.464 e. The Kier molecular flexibility index (Phi) is 5.33. The molecular weight excluding hydrogens is 194 g/mol. The van der Waals surface area contributed by atoms with Gasteiger partial charge in [0.1, 0.15) is 6.61 Å². The summed E-state index contributed by atoms with van der Waals surface area (Å²) in [5.41, 5.74) is -0.401. The monoisotopic (exact) mass is 215 g/mol. The number of hydrogen-bond acceptors (Lipinski definition) is 3. The molecule has 0 radical (unpaired) electrons. The number of carbonyl (C=O) groups is 2. The van der Waals surface area contributed by atoms with Gasteiger partial charge >= 0.3 is 5.97 Å². The van der Waals surface area contributed by atoms with Crippen LogP contribution < -0.4 is 5.32 Å². The fourth-order valence-electron chi connectivity index (χ4n) is 0.748. The fraction of sp³-hybridized carbons (Fsp3) is 0.818. The maximum Gasteiger partial charge on any atom is 0.308 e. The van der Waals surface area contributed by atoms with Crippen LogP contribution in [0.25, 0.3) is 0 Å². The van der Waals surface area contributed by atoms with Crippen LogP contribution in [0.3, 0.4) is 0 Å². The molecule has 0 saturated carbocycles. The van der Waals surface area contributed by atoms with E-state index in [-0.39, 0.29) is 24.4 Å². The van der Waals surface area contributed by atoms with Crippen LogP contribution in [-0.4, -0.2) is 25.0 Å². The van der Waals surface area contributed by atoms with E-state index in [0.29, 0.717) is 6.54 Å². The van der Waals surface area contributed by atoms with Crippen molar-refractivity contribution in [2.75, 3.05) is 13.2 Å². The predicted octanol–water partition coefficient (Wildman–Crippen LogP) is 1.35. The number of nitrogens with one attached hydrogen (secondary N) is 1. The molecule has 0 aromatic rings. The highest BCUT2D eigenvalue weighted by atomic mass is 16.5. The van der Waals surface area contributed by atoms with Gasteiger partial charge < -0.3 is 10.1 Å². The molecule has 4 nitrogen and oxygen atoms in total. The van der Waals surface area contributed by atoms with E-state index < -0.39 is 5.41 Å². The molecule has 0 fully saturated rings. The number of hydrogen-bond donors (Lipinski definition) is 1. The van der Waals surface area contributed by atoms with E-state index in [4.69, 9.17) is 4.74 Å². The summed E-state index contributed by atoms with van der Waals surface area (Å²) in [6, 6.07) is 0. The van der Waals surface area contributed by atoms with Crippen molar-refractivity contribution in [2.24, 2.45) is 11.3 Å². The average Bonchev–Trinajstić information content (AvgIpc) is 2.09. The summed E-state index contributed by atoms with van der Waals surface area (Å²) in [5.74, 6) is -0.397. The van der Waals surface area contributed by atoms with Crippen LogP contribution in [0.4, 0.5) is 0 Å². The van der Waals surface area contributed by atoms with E-state index in [9.17, 15) is 9.59 Å². The van der Waals surface area contributed by atoms with Crippen molar-refractivity contribution in [2.45, 2.75) is 34.6 Å². The molecule has 0 bridgehead atoms. The average molecular weight is 215 g/mol. The van der Waals surface area contributed by atoms with Crippen LogP contribution in [0.1, 0.15) is 34.6 Å². The Morgan fingerprint density at radius 3 is 2.20 bits per heavy atom. The fourth-order valence-corrected chi connectivity index (χ4v) is 0.748. The van der Waals surface area contributed by atoms with E-state index in [0.717, 1.165) is 0 Å². The van der Waals surface area contributed by atoms with Crippen molar-refractivity contribution >= 4 is 11.9 Å². The maximum atomic E-state index is 11.4. The minimum Gasteiger partial charge on any atom is -0.464 e. The van der Waals surface area contributed by atoms with Gasteiger partial charge in [-0.2, -0.15) is 0 Å². The van der Waals surface area contributed by atoms with Gasteiger partial charge in [-0.15, -0.1) is 0 Å². The number of ether oxygens (including phenoxy) is 1. The van der Waals surface area contributed by atoms with E-state index in [1.807, 2.05) is 20.8 Å². The van der Waals surface area contributed by atoms with Gasteiger partial charge in [0, 0.05) is 5.41 Å². The van der Waals surface area contributed by atoms with Gasteiger partial charge in [-0.1, -0.05) is 34.6 Å². The van der Waals surface area contributed by atoms with Gasteiger partial charge in [0.05, 0.1) is 12.5 Å².